The molecule has 1 fully saturated rings. The van der Waals surface area contributed by atoms with E-state index in [4.69, 9.17) is 21.1 Å². The molecule has 0 saturated carbocycles. The first-order valence-corrected chi connectivity index (χ1v) is 11.3. The van der Waals surface area contributed by atoms with Crippen molar-refractivity contribution in [3.63, 3.8) is 0 Å². The number of halogens is 1. The molecule has 0 N–H and O–H groups in total. The van der Waals surface area contributed by atoms with Crippen LogP contribution in [0.1, 0.15) is 39.2 Å². The number of fused-ring (bicyclic) bond motifs is 1. The second kappa shape index (κ2) is 8.95. The average molecular weight is 467 g/mol. The van der Waals surface area contributed by atoms with Gasteiger partial charge in [-0.25, -0.2) is 4.98 Å². The van der Waals surface area contributed by atoms with Crippen LogP contribution in [0.15, 0.2) is 41.2 Å². The van der Waals surface area contributed by atoms with Crippen molar-refractivity contribution in [1.82, 2.24) is 9.55 Å². The normalized spacial score (nSPS) is 14.8. The maximum Gasteiger partial charge on any atom is 0.270 e. The van der Waals surface area contributed by atoms with Gasteiger partial charge in [0.25, 0.3) is 5.56 Å². The number of aryl methyl sites for hydroxylation is 1. The van der Waals surface area contributed by atoms with Crippen molar-refractivity contribution in [3.05, 3.63) is 57.5 Å². The number of hydrogen-bond donors (Lipinski definition) is 0. The van der Waals surface area contributed by atoms with Crippen molar-refractivity contribution >= 4 is 28.3 Å². The van der Waals surface area contributed by atoms with Gasteiger partial charge in [-0.2, -0.15) is 5.26 Å². The standard InChI is InChI=1S/C25H27ClN4O3/c1-25(2,3)33-18-7-5-16(6-8-18)32-17-11-13-30(14-12-17)23-19(15-27)24(31)29(4)20-9-10-21(26)28-22(20)23/h5-10,17H,11-14H2,1-4H3. The number of piperidine rings is 1. The third-order valence-electron chi connectivity index (χ3n) is 5.60. The van der Waals surface area contributed by atoms with Crippen LogP contribution in [-0.2, 0) is 7.05 Å². The molecule has 1 aliphatic heterocycles. The zero-order valence-electron chi connectivity index (χ0n) is 19.3. The summed E-state index contributed by atoms with van der Waals surface area (Å²) in [5, 5.41) is 10.1. The van der Waals surface area contributed by atoms with E-state index in [0.717, 1.165) is 24.3 Å². The van der Waals surface area contributed by atoms with Gasteiger partial charge in [0.15, 0.2) is 0 Å². The third-order valence-corrected chi connectivity index (χ3v) is 5.81. The molecule has 172 valence electrons. The van der Waals surface area contributed by atoms with Gasteiger partial charge in [0.1, 0.15) is 45.5 Å². The first kappa shape index (κ1) is 22.9. The summed E-state index contributed by atoms with van der Waals surface area (Å²) in [4.78, 5) is 19.3. The van der Waals surface area contributed by atoms with Gasteiger partial charge >= 0.3 is 0 Å². The number of rotatable bonds is 4. The summed E-state index contributed by atoms with van der Waals surface area (Å²) in [5.41, 5.74) is 1.28. The summed E-state index contributed by atoms with van der Waals surface area (Å²) in [5.74, 6) is 1.59. The Morgan fingerprint density at radius 1 is 1.09 bits per heavy atom. The molecule has 0 amide bonds. The molecule has 0 unspecified atom stereocenters. The topological polar surface area (TPSA) is 80.4 Å². The van der Waals surface area contributed by atoms with Crippen molar-refractivity contribution < 1.29 is 9.47 Å². The molecule has 3 aromatic rings. The molecule has 0 bridgehead atoms. The van der Waals surface area contributed by atoms with Crippen molar-refractivity contribution in [3.8, 4) is 17.6 Å². The summed E-state index contributed by atoms with van der Waals surface area (Å²) in [6.45, 7) is 7.32. The van der Waals surface area contributed by atoms with Gasteiger partial charge in [-0.15, -0.1) is 0 Å². The molecule has 1 saturated heterocycles. The van der Waals surface area contributed by atoms with Crippen LogP contribution in [0.2, 0.25) is 5.15 Å². The highest BCUT2D eigenvalue weighted by molar-refractivity contribution is 6.29. The Kier molecular flexibility index (Phi) is 6.22. The number of pyridine rings is 2. The molecule has 8 heteroatoms. The molecular formula is C25H27ClN4O3. The molecule has 4 rings (SSSR count). The van der Waals surface area contributed by atoms with Crippen LogP contribution < -0.4 is 19.9 Å². The van der Waals surface area contributed by atoms with Gasteiger partial charge in [-0.3, -0.25) is 4.79 Å². The minimum atomic E-state index is -0.333. The number of anilines is 1. The summed E-state index contributed by atoms with van der Waals surface area (Å²) < 4.78 is 13.5. The van der Waals surface area contributed by atoms with Crippen molar-refractivity contribution in [1.29, 1.82) is 5.26 Å². The fourth-order valence-electron chi connectivity index (χ4n) is 4.11. The predicted octanol–water partition coefficient (Wildman–Crippen LogP) is 4.68. The zero-order valence-corrected chi connectivity index (χ0v) is 20.0. The number of aromatic nitrogens is 2. The van der Waals surface area contributed by atoms with Crippen molar-refractivity contribution in [2.75, 3.05) is 18.0 Å². The fraction of sp³-hybridized carbons (Fsp3) is 0.400. The Bertz CT molecular complexity index is 1260. The minimum absolute atomic E-state index is 0.0375. The molecule has 3 heterocycles. The van der Waals surface area contributed by atoms with E-state index in [0.29, 0.717) is 35.0 Å². The molecule has 0 spiro atoms. The lowest BCUT2D eigenvalue weighted by Crippen LogP contribution is -2.40. The maximum atomic E-state index is 12.8. The monoisotopic (exact) mass is 466 g/mol. The van der Waals surface area contributed by atoms with E-state index in [9.17, 15) is 10.1 Å². The number of ether oxygens (including phenoxy) is 2. The Hall–Kier alpha value is -3.24. The second-order valence-electron chi connectivity index (χ2n) is 9.19. The fourth-order valence-corrected chi connectivity index (χ4v) is 4.26. The van der Waals surface area contributed by atoms with Crippen molar-refractivity contribution in [2.24, 2.45) is 7.05 Å². The average Bonchev–Trinajstić information content (AvgIpc) is 2.77. The van der Waals surface area contributed by atoms with Gasteiger partial charge < -0.3 is 18.9 Å². The Morgan fingerprint density at radius 3 is 2.33 bits per heavy atom. The number of benzene rings is 1. The van der Waals surface area contributed by atoms with Crippen LogP contribution in [0.5, 0.6) is 11.5 Å². The molecule has 1 aromatic carbocycles. The van der Waals surface area contributed by atoms with Crippen LogP contribution in [0.3, 0.4) is 0 Å². The van der Waals surface area contributed by atoms with E-state index in [-0.39, 0.29) is 22.8 Å². The molecule has 0 atom stereocenters. The van der Waals surface area contributed by atoms with Gasteiger partial charge in [-0.05, 0) is 57.2 Å². The van der Waals surface area contributed by atoms with Crippen LogP contribution in [0.25, 0.3) is 11.0 Å². The minimum Gasteiger partial charge on any atom is -0.490 e. The molecule has 0 radical (unpaired) electrons. The lowest BCUT2D eigenvalue weighted by Gasteiger charge is -2.34. The summed E-state index contributed by atoms with van der Waals surface area (Å²) in [7, 11) is 1.64. The Morgan fingerprint density at radius 2 is 1.73 bits per heavy atom. The third kappa shape index (κ3) is 4.91. The lowest BCUT2D eigenvalue weighted by atomic mass is 10.0. The van der Waals surface area contributed by atoms with E-state index in [2.05, 4.69) is 11.1 Å². The van der Waals surface area contributed by atoms with E-state index >= 15 is 0 Å². The number of nitrogens with zero attached hydrogens (tertiary/aromatic N) is 4. The first-order chi connectivity index (χ1) is 15.7. The summed E-state index contributed by atoms with van der Waals surface area (Å²) in [6.07, 6.45) is 1.54. The van der Waals surface area contributed by atoms with E-state index in [1.54, 1.807) is 19.2 Å². The van der Waals surface area contributed by atoms with Crippen LogP contribution in [0, 0.1) is 11.3 Å². The number of nitriles is 1. The highest BCUT2D eigenvalue weighted by Gasteiger charge is 2.27. The second-order valence-corrected chi connectivity index (χ2v) is 9.58. The molecule has 7 nitrogen and oxygen atoms in total. The van der Waals surface area contributed by atoms with Crippen LogP contribution in [0.4, 0.5) is 5.69 Å². The Balaban J connectivity index is 1.52. The highest BCUT2D eigenvalue weighted by Crippen LogP contribution is 2.31. The van der Waals surface area contributed by atoms with E-state index < -0.39 is 0 Å². The maximum absolute atomic E-state index is 12.8. The van der Waals surface area contributed by atoms with Crippen molar-refractivity contribution in [2.45, 2.75) is 45.3 Å². The molecule has 1 aliphatic rings. The van der Waals surface area contributed by atoms with E-state index in [1.807, 2.05) is 49.9 Å². The first-order valence-electron chi connectivity index (χ1n) is 11.0. The lowest BCUT2D eigenvalue weighted by molar-refractivity contribution is 0.130. The molecule has 2 aromatic heterocycles. The van der Waals surface area contributed by atoms with Gasteiger partial charge in [-0.1, -0.05) is 11.6 Å². The molecule has 0 aliphatic carbocycles. The number of hydrogen-bond acceptors (Lipinski definition) is 6. The smallest absolute Gasteiger partial charge is 0.270 e. The van der Waals surface area contributed by atoms with Crippen LogP contribution in [-0.4, -0.2) is 34.3 Å². The molecular weight excluding hydrogens is 440 g/mol. The van der Waals surface area contributed by atoms with E-state index in [1.165, 1.54) is 4.57 Å². The molecule has 33 heavy (non-hydrogen) atoms. The van der Waals surface area contributed by atoms with Gasteiger partial charge in [0, 0.05) is 33.0 Å². The van der Waals surface area contributed by atoms with Gasteiger partial charge in [0.05, 0.1) is 11.2 Å². The van der Waals surface area contributed by atoms with Gasteiger partial charge in [0.2, 0.25) is 0 Å². The largest absolute Gasteiger partial charge is 0.490 e. The summed E-state index contributed by atoms with van der Waals surface area (Å²) >= 11 is 6.15. The zero-order chi connectivity index (χ0) is 23.8. The SMILES string of the molecule is Cn1c(=O)c(C#N)c(N2CCC(Oc3ccc(OC(C)(C)C)cc3)CC2)c2nc(Cl)ccc21. The predicted molar refractivity (Wildman–Crippen MR) is 129 cm³/mol. The summed E-state index contributed by atoms with van der Waals surface area (Å²) in [6, 6.07) is 13.2. The quantitative estimate of drug-likeness (QED) is 0.519. The van der Waals surface area contributed by atoms with Crippen LogP contribution >= 0.6 is 11.6 Å². The highest BCUT2D eigenvalue weighted by atomic mass is 35.5. The Labute approximate surface area is 198 Å².